The summed E-state index contributed by atoms with van der Waals surface area (Å²) in [6.45, 7) is 6.87. The Balaban J connectivity index is 1.58. The van der Waals surface area contributed by atoms with E-state index in [4.69, 9.17) is 14.6 Å². The molecule has 0 spiro atoms. The number of aromatic nitrogens is 1. The van der Waals surface area contributed by atoms with Crippen molar-refractivity contribution in [1.82, 2.24) is 4.98 Å². The van der Waals surface area contributed by atoms with E-state index >= 15 is 4.39 Å². The Morgan fingerprint density at radius 1 is 1.26 bits per heavy atom. The Hall–Kier alpha value is -3.11. The molecule has 0 radical (unpaired) electrons. The van der Waals surface area contributed by atoms with Crippen LogP contribution in [-0.4, -0.2) is 29.8 Å². The van der Waals surface area contributed by atoms with E-state index < -0.39 is 23.2 Å². The van der Waals surface area contributed by atoms with Gasteiger partial charge in [-0.1, -0.05) is 32.9 Å². The second-order valence-electron chi connectivity index (χ2n) is 9.78. The molecule has 1 aliphatic rings. The normalized spacial score (nSPS) is 14.6. The number of thiazole rings is 1. The number of nitrogens with zero attached hydrogens (tertiary/aromatic N) is 1. The molecular formula is C28H30F2N2O4S2. The highest BCUT2D eigenvalue weighted by molar-refractivity contribution is 8.00. The van der Waals surface area contributed by atoms with E-state index in [0.717, 1.165) is 60.9 Å². The first-order chi connectivity index (χ1) is 18.1. The molecule has 0 saturated heterocycles. The van der Waals surface area contributed by atoms with Crippen LogP contribution in [0.2, 0.25) is 0 Å². The molecule has 0 saturated carbocycles. The number of hydrogen-bond acceptors (Lipinski definition) is 7. The summed E-state index contributed by atoms with van der Waals surface area (Å²) in [6.07, 6.45) is 5.79. The van der Waals surface area contributed by atoms with E-state index in [1.165, 1.54) is 18.4 Å². The summed E-state index contributed by atoms with van der Waals surface area (Å²) in [5.41, 5.74) is 2.26. The lowest BCUT2D eigenvalue weighted by atomic mass is 9.77. The fraction of sp³-hybridized carbons (Fsp3) is 0.357. The number of hydrogen-bond donors (Lipinski definition) is 2. The molecule has 0 atom stereocenters. The molecule has 1 heterocycles. The van der Waals surface area contributed by atoms with Gasteiger partial charge in [-0.2, -0.15) is 0 Å². The van der Waals surface area contributed by atoms with Crippen LogP contribution in [0.15, 0.2) is 40.7 Å². The van der Waals surface area contributed by atoms with Crippen LogP contribution in [-0.2, 0) is 0 Å². The minimum Gasteiger partial charge on any atom is -0.495 e. The van der Waals surface area contributed by atoms with Gasteiger partial charge in [0.15, 0.2) is 11.6 Å². The summed E-state index contributed by atoms with van der Waals surface area (Å²) in [5, 5.41) is 11.9. The summed E-state index contributed by atoms with van der Waals surface area (Å²) in [4.78, 5) is 15.7. The lowest BCUT2D eigenvalue weighted by Crippen LogP contribution is -2.14. The van der Waals surface area contributed by atoms with Crippen LogP contribution >= 0.6 is 23.3 Å². The van der Waals surface area contributed by atoms with Crippen molar-refractivity contribution in [2.75, 3.05) is 18.4 Å². The number of rotatable bonds is 10. The molecule has 0 unspecified atom stereocenters. The van der Waals surface area contributed by atoms with Crippen LogP contribution in [0.4, 0.5) is 14.5 Å². The fourth-order valence-corrected chi connectivity index (χ4v) is 5.75. The van der Waals surface area contributed by atoms with E-state index in [-0.39, 0.29) is 22.6 Å². The van der Waals surface area contributed by atoms with Gasteiger partial charge in [0.05, 0.1) is 30.5 Å². The van der Waals surface area contributed by atoms with Crippen LogP contribution < -0.4 is 14.2 Å². The second kappa shape index (κ2) is 11.7. The topological polar surface area (TPSA) is 80.7 Å². The van der Waals surface area contributed by atoms with Gasteiger partial charge in [0.25, 0.3) is 0 Å². The zero-order valence-electron chi connectivity index (χ0n) is 21.7. The summed E-state index contributed by atoms with van der Waals surface area (Å²) >= 11 is 2.36. The number of carbonyl (C=O) groups is 1. The van der Waals surface area contributed by atoms with E-state index in [0.29, 0.717) is 22.2 Å². The van der Waals surface area contributed by atoms with Crippen molar-refractivity contribution in [3.8, 4) is 22.1 Å². The first kappa shape index (κ1) is 27.9. The van der Waals surface area contributed by atoms with Gasteiger partial charge in [-0.3, -0.25) is 0 Å². The van der Waals surface area contributed by atoms with Gasteiger partial charge in [-0.05, 0) is 48.8 Å². The van der Waals surface area contributed by atoms with Crippen molar-refractivity contribution < 1.29 is 28.2 Å². The van der Waals surface area contributed by atoms with E-state index in [2.05, 4.69) is 29.6 Å². The smallest absolute Gasteiger partial charge is 0.338 e. The summed E-state index contributed by atoms with van der Waals surface area (Å²) < 4.78 is 44.1. The molecule has 4 rings (SSSR count). The molecular weight excluding hydrogens is 530 g/mol. The Bertz CT molecular complexity index is 1370. The third-order valence-corrected chi connectivity index (χ3v) is 8.13. The fourth-order valence-electron chi connectivity index (χ4n) is 4.14. The Labute approximate surface area is 229 Å². The highest BCUT2D eigenvalue weighted by atomic mass is 32.2. The minimum absolute atomic E-state index is 0.173. The molecule has 2 N–H and O–H groups in total. The third kappa shape index (κ3) is 6.13. The van der Waals surface area contributed by atoms with Gasteiger partial charge in [0.1, 0.15) is 21.6 Å². The molecule has 1 aromatic heterocycles. The number of allylic oxidation sites excluding steroid dienone is 2. The maximum atomic E-state index is 15.8. The predicted octanol–water partition coefficient (Wildman–Crippen LogP) is 8.30. The van der Waals surface area contributed by atoms with Gasteiger partial charge in [0, 0.05) is 29.0 Å². The second-order valence-corrected chi connectivity index (χ2v) is 11.5. The lowest BCUT2D eigenvalue weighted by Gasteiger charge is -2.29. The number of carboxylic acid groups (broad SMARTS) is 1. The largest absolute Gasteiger partial charge is 0.495 e. The molecule has 0 amide bonds. The zero-order chi connectivity index (χ0) is 27.4. The first-order valence-corrected chi connectivity index (χ1v) is 14.0. The number of benzene rings is 2. The van der Waals surface area contributed by atoms with Crippen LogP contribution in [0.25, 0.3) is 16.1 Å². The number of aromatic carboxylic acids is 1. The molecule has 0 aliphatic heterocycles. The van der Waals surface area contributed by atoms with Gasteiger partial charge < -0.3 is 19.3 Å². The molecule has 3 aromatic rings. The van der Waals surface area contributed by atoms with Gasteiger partial charge in [-0.15, -0.1) is 11.3 Å². The standard InChI is InChI=1S/C28H30F2N2O4S2/c1-5-12-36-25-17(16-8-10-28(2,3)11-9-16)6-7-18(24(25)30)26-31-23(15-37-26)38-32-21-14-20(29)19(27(33)34)13-22(21)35-4/h6-8,13-15,32H,5,9-12H2,1-4H3,(H,33,34). The molecule has 1 aliphatic carbocycles. The number of ether oxygens (including phenoxy) is 2. The van der Waals surface area contributed by atoms with Gasteiger partial charge >= 0.3 is 5.97 Å². The highest BCUT2D eigenvalue weighted by Gasteiger charge is 2.26. The quantitative estimate of drug-likeness (QED) is 0.241. The SMILES string of the molecule is CCCOc1c(C2=CCC(C)(C)CC2)ccc(-c2nc(SNc3cc(F)c(C(=O)O)cc3OC)cs2)c1F. The van der Waals surface area contributed by atoms with E-state index in [9.17, 15) is 9.18 Å². The number of halogens is 2. The molecule has 10 heteroatoms. The molecule has 0 fully saturated rings. The minimum atomic E-state index is -1.39. The monoisotopic (exact) mass is 560 g/mol. The van der Waals surface area contributed by atoms with Crippen LogP contribution in [0.1, 0.15) is 62.4 Å². The van der Waals surface area contributed by atoms with Gasteiger partial charge in [0.2, 0.25) is 0 Å². The maximum Gasteiger partial charge on any atom is 0.338 e. The van der Waals surface area contributed by atoms with Crippen molar-refractivity contribution >= 4 is 40.5 Å². The maximum absolute atomic E-state index is 15.8. The molecule has 2 aromatic carbocycles. The number of nitrogens with one attached hydrogen (secondary N) is 1. The van der Waals surface area contributed by atoms with Crippen LogP contribution in [0, 0.1) is 17.0 Å². The van der Waals surface area contributed by atoms with Crippen molar-refractivity contribution in [2.45, 2.75) is 51.5 Å². The average molecular weight is 561 g/mol. The molecule has 202 valence electrons. The Morgan fingerprint density at radius 2 is 2.03 bits per heavy atom. The predicted molar refractivity (Wildman–Crippen MR) is 148 cm³/mol. The molecule has 0 bridgehead atoms. The average Bonchev–Trinajstić information content (AvgIpc) is 3.35. The number of carboxylic acids is 1. The number of methoxy groups -OCH3 is 1. The summed E-state index contributed by atoms with van der Waals surface area (Å²) in [7, 11) is 1.37. The van der Waals surface area contributed by atoms with Crippen LogP contribution in [0.5, 0.6) is 11.5 Å². The van der Waals surface area contributed by atoms with Crippen molar-refractivity contribution in [1.29, 1.82) is 0 Å². The van der Waals surface area contributed by atoms with Crippen molar-refractivity contribution in [3.05, 3.63) is 58.5 Å². The zero-order valence-corrected chi connectivity index (χ0v) is 23.3. The highest BCUT2D eigenvalue weighted by Crippen LogP contribution is 2.43. The molecule has 38 heavy (non-hydrogen) atoms. The van der Waals surface area contributed by atoms with Crippen molar-refractivity contribution in [2.24, 2.45) is 5.41 Å². The summed E-state index contributed by atoms with van der Waals surface area (Å²) in [6, 6.07) is 5.83. The molecule has 6 nitrogen and oxygen atoms in total. The first-order valence-electron chi connectivity index (χ1n) is 12.3. The van der Waals surface area contributed by atoms with E-state index in [1.807, 2.05) is 13.0 Å². The number of anilines is 1. The van der Waals surface area contributed by atoms with Crippen molar-refractivity contribution in [3.63, 3.8) is 0 Å². The Kier molecular flexibility index (Phi) is 8.62. The lowest BCUT2D eigenvalue weighted by molar-refractivity contribution is 0.0691. The Morgan fingerprint density at radius 3 is 2.68 bits per heavy atom. The van der Waals surface area contributed by atoms with E-state index in [1.54, 1.807) is 11.4 Å². The van der Waals surface area contributed by atoms with Crippen LogP contribution in [0.3, 0.4) is 0 Å². The van der Waals surface area contributed by atoms with Gasteiger partial charge in [-0.25, -0.2) is 18.6 Å². The third-order valence-electron chi connectivity index (χ3n) is 6.36. The summed E-state index contributed by atoms with van der Waals surface area (Å²) in [5.74, 6) is -2.28.